The highest BCUT2D eigenvalue weighted by atomic mass is 32.1. The van der Waals surface area contributed by atoms with Gasteiger partial charge in [0.2, 0.25) is 5.75 Å². The Kier molecular flexibility index (Phi) is 9.88. The summed E-state index contributed by atoms with van der Waals surface area (Å²) in [5.74, 6) is 2.31. The summed E-state index contributed by atoms with van der Waals surface area (Å²) in [5, 5.41) is 4.02. The number of hydrogen-bond donors (Lipinski definition) is 1. The first-order valence-corrected chi connectivity index (χ1v) is 10.8. The average Bonchev–Trinajstić information content (AvgIpc) is 2.78. The maximum Gasteiger partial charge on any atom is 0.203 e. The molecule has 0 radical (unpaired) electrons. The Balaban J connectivity index is 2.22. The van der Waals surface area contributed by atoms with Crippen LogP contribution >= 0.6 is 12.2 Å². The van der Waals surface area contributed by atoms with Crippen molar-refractivity contribution in [3.8, 4) is 17.2 Å². The fourth-order valence-corrected chi connectivity index (χ4v) is 3.53. The zero-order valence-corrected chi connectivity index (χ0v) is 20.2. The van der Waals surface area contributed by atoms with Gasteiger partial charge in [0.25, 0.3) is 0 Å². The first-order valence-electron chi connectivity index (χ1n) is 10.4. The molecule has 0 amide bonds. The predicted octanol–water partition coefficient (Wildman–Crippen LogP) is 5.07. The zero-order valence-electron chi connectivity index (χ0n) is 19.4. The summed E-state index contributed by atoms with van der Waals surface area (Å²) in [4.78, 5) is 2.12. The molecule has 31 heavy (non-hydrogen) atoms. The smallest absolute Gasteiger partial charge is 0.203 e. The Hall–Kier alpha value is -2.51. The highest BCUT2D eigenvalue weighted by Crippen LogP contribution is 2.38. The van der Waals surface area contributed by atoms with Gasteiger partial charge >= 0.3 is 0 Å². The van der Waals surface area contributed by atoms with Crippen LogP contribution in [0.15, 0.2) is 36.4 Å². The van der Waals surface area contributed by atoms with Crippen LogP contribution in [0.3, 0.4) is 0 Å². The number of ether oxygens (including phenoxy) is 4. The number of nitrogens with one attached hydrogen (secondary N) is 1. The quantitative estimate of drug-likeness (QED) is 0.382. The number of rotatable bonds is 11. The minimum absolute atomic E-state index is 0.492. The van der Waals surface area contributed by atoms with Crippen molar-refractivity contribution in [2.45, 2.75) is 32.7 Å². The largest absolute Gasteiger partial charge is 0.493 e. The molecule has 0 atom stereocenters. The molecule has 0 aliphatic carbocycles. The lowest BCUT2D eigenvalue weighted by Crippen LogP contribution is -2.35. The summed E-state index contributed by atoms with van der Waals surface area (Å²) >= 11 is 5.75. The molecule has 0 fully saturated rings. The number of hydrogen-bond acceptors (Lipinski definition) is 5. The molecule has 6 nitrogen and oxygen atoms in total. The SMILES string of the molecule is COCCCN(Cc1cc(OC)c(OC)c(OC)c1)C(=S)Nc1ccc(C(C)C)cc1. The van der Waals surface area contributed by atoms with Crippen LogP contribution in [0, 0.1) is 0 Å². The van der Waals surface area contributed by atoms with E-state index in [-0.39, 0.29) is 0 Å². The van der Waals surface area contributed by atoms with E-state index in [0.717, 1.165) is 24.2 Å². The average molecular weight is 447 g/mol. The minimum Gasteiger partial charge on any atom is -0.493 e. The van der Waals surface area contributed by atoms with E-state index >= 15 is 0 Å². The second kappa shape index (κ2) is 12.4. The molecule has 2 aromatic rings. The maximum absolute atomic E-state index is 5.75. The van der Waals surface area contributed by atoms with Crippen molar-refractivity contribution in [1.29, 1.82) is 0 Å². The Labute approximate surface area is 191 Å². The summed E-state index contributed by atoms with van der Waals surface area (Å²) < 4.78 is 21.7. The molecule has 2 aromatic carbocycles. The van der Waals surface area contributed by atoms with Crippen LogP contribution in [0.4, 0.5) is 5.69 Å². The van der Waals surface area contributed by atoms with Gasteiger partial charge in [-0.15, -0.1) is 0 Å². The molecule has 0 saturated carbocycles. The van der Waals surface area contributed by atoms with Gasteiger partial charge in [-0.25, -0.2) is 0 Å². The van der Waals surface area contributed by atoms with Gasteiger partial charge in [0, 0.05) is 32.5 Å². The lowest BCUT2D eigenvalue weighted by molar-refractivity contribution is 0.185. The van der Waals surface area contributed by atoms with Crippen molar-refractivity contribution in [3.63, 3.8) is 0 Å². The number of benzene rings is 2. The molecule has 0 aliphatic heterocycles. The normalized spacial score (nSPS) is 10.7. The van der Waals surface area contributed by atoms with E-state index in [4.69, 9.17) is 31.2 Å². The summed E-state index contributed by atoms with van der Waals surface area (Å²) in [6, 6.07) is 12.3. The maximum atomic E-state index is 5.75. The van der Waals surface area contributed by atoms with Gasteiger partial charge in [0.05, 0.1) is 21.3 Å². The van der Waals surface area contributed by atoms with Crippen molar-refractivity contribution >= 4 is 23.0 Å². The van der Waals surface area contributed by atoms with Gasteiger partial charge in [0.15, 0.2) is 16.6 Å². The van der Waals surface area contributed by atoms with Crippen LogP contribution < -0.4 is 19.5 Å². The van der Waals surface area contributed by atoms with E-state index in [2.05, 4.69) is 48.3 Å². The van der Waals surface area contributed by atoms with Crippen LogP contribution in [0.25, 0.3) is 0 Å². The van der Waals surface area contributed by atoms with E-state index in [9.17, 15) is 0 Å². The van der Waals surface area contributed by atoms with Crippen LogP contribution in [0.2, 0.25) is 0 Å². The zero-order chi connectivity index (χ0) is 22.8. The van der Waals surface area contributed by atoms with Gasteiger partial charge in [0.1, 0.15) is 0 Å². The van der Waals surface area contributed by atoms with Gasteiger partial charge in [-0.2, -0.15) is 0 Å². The highest BCUT2D eigenvalue weighted by molar-refractivity contribution is 7.80. The fraction of sp³-hybridized carbons (Fsp3) is 0.458. The molecule has 1 N–H and O–H groups in total. The van der Waals surface area contributed by atoms with E-state index in [1.807, 2.05) is 12.1 Å². The second-order valence-electron chi connectivity index (χ2n) is 7.51. The Morgan fingerprint density at radius 3 is 2.06 bits per heavy atom. The third kappa shape index (κ3) is 7.01. The molecule has 0 saturated heterocycles. The highest BCUT2D eigenvalue weighted by Gasteiger charge is 2.17. The molecular formula is C24H34N2O4S. The second-order valence-corrected chi connectivity index (χ2v) is 7.90. The van der Waals surface area contributed by atoms with Crippen LogP contribution in [-0.2, 0) is 11.3 Å². The van der Waals surface area contributed by atoms with Gasteiger partial charge in [-0.05, 0) is 59.9 Å². The van der Waals surface area contributed by atoms with Crippen molar-refractivity contribution in [2.75, 3.05) is 46.9 Å². The lowest BCUT2D eigenvalue weighted by Gasteiger charge is -2.27. The fourth-order valence-electron chi connectivity index (χ4n) is 3.25. The van der Waals surface area contributed by atoms with Gasteiger partial charge in [-0.3, -0.25) is 0 Å². The van der Waals surface area contributed by atoms with Crippen molar-refractivity contribution < 1.29 is 18.9 Å². The predicted molar refractivity (Wildman–Crippen MR) is 130 cm³/mol. The molecule has 170 valence electrons. The molecule has 0 unspecified atom stereocenters. The van der Waals surface area contributed by atoms with E-state index in [1.54, 1.807) is 28.4 Å². The molecule has 2 rings (SSSR count). The lowest BCUT2D eigenvalue weighted by atomic mass is 10.0. The molecular weight excluding hydrogens is 412 g/mol. The molecule has 0 bridgehead atoms. The number of thiocarbonyl (C=S) groups is 1. The monoisotopic (exact) mass is 446 g/mol. The number of methoxy groups -OCH3 is 4. The summed E-state index contributed by atoms with van der Waals surface area (Å²) in [6.45, 7) is 6.37. The van der Waals surface area contributed by atoms with E-state index in [1.165, 1.54) is 5.56 Å². The third-order valence-electron chi connectivity index (χ3n) is 4.99. The van der Waals surface area contributed by atoms with Crippen molar-refractivity contribution in [3.05, 3.63) is 47.5 Å². The van der Waals surface area contributed by atoms with Crippen LogP contribution in [0.1, 0.15) is 37.3 Å². The molecule has 0 aromatic heterocycles. The Morgan fingerprint density at radius 2 is 1.58 bits per heavy atom. The summed E-state index contributed by atoms with van der Waals surface area (Å²) in [5.41, 5.74) is 3.27. The van der Waals surface area contributed by atoms with Crippen LogP contribution in [0.5, 0.6) is 17.2 Å². The molecule has 7 heteroatoms. The Morgan fingerprint density at radius 1 is 0.968 bits per heavy atom. The van der Waals surface area contributed by atoms with E-state index in [0.29, 0.717) is 41.4 Å². The molecule has 0 heterocycles. The minimum atomic E-state index is 0.492. The first-order chi connectivity index (χ1) is 14.9. The first kappa shape index (κ1) is 24.8. The van der Waals surface area contributed by atoms with Crippen molar-refractivity contribution in [2.24, 2.45) is 0 Å². The van der Waals surface area contributed by atoms with Crippen molar-refractivity contribution in [1.82, 2.24) is 4.90 Å². The van der Waals surface area contributed by atoms with Gasteiger partial charge < -0.3 is 29.2 Å². The van der Waals surface area contributed by atoms with Crippen LogP contribution in [-0.4, -0.2) is 51.6 Å². The van der Waals surface area contributed by atoms with E-state index < -0.39 is 0 Å². The third-order valence-corrected chi connectivity index (χ3v) is 5.35. The Bertz CT molecular complexity index is 815. The number of anilines is 1. The standard InChI is InChI=1S/C24H34N2O4S/c1-17(2)19-8-10-20(11-9-19)25-24(31)26(12-7-13-27-3)16-18-14-21(28-4)23(30-6)22(15-18)29-5/h8-11,14-15,17H,7,12-13,16H2,1-6H3,(H,25,31). The molecule has 0 spiro atoms. The molecule has 0 aliphatic rings. The van der Waals surface area contributed by atoms with Gasteiger partial charge in [-0.1, -0.05) is 26.0 Å². The summed E-state index contributed by atoms with van der Waals surface area (Å²) in [7, 11) is 6.53. The summed E-state index contributed by atoms with van der Waals surface area (Å²) in [6.07, 6.45) is 0.856. The number of nitrogens with zero attached hydrogens (tertiary/aromatic N) is 1. The topological polar surface area (TPSA) is 52.2 Å².